The molecule has 1 saturated heterocycles. The summed E-state index contributed by atoms with van der Waals surface area (Å²) in [4.78, 5) is 11.1. The van der Waals surface area contributed by atoms with Crippen molar-refractivity contribution in [2.75, 3.05) is 13.1 Å². The van der Waals surface area contributed by atoms with Crippen LogP contribution < -0.4 is 5.32 Å². The Bertz CT molecular complexity index is 400. The molecule has 3 nitrogen and oxygen atoms in total. The summed E-state index contributed by atoms with van der Waals surface area (Å²) < 4.78 is 0. The molecular formula is C12H14ClNO2. The number of hydrogen-bond donors (Lipinski definition) is 2. The van der Waals surface area contributed by atoms with Crippen LogP contribution in [0, 0.1) is 5.92 Å². The Kier molecular flexibility index (Phi) is 3.46. The Morgan fingerprint density at radius 2 is 2.38 bits per heavy atom. The third kappa shape index (κ3) is 2.54. The van der Waals surface area contributed by atoms with Crippen LogP contribution in [-0.2, 0) is 6.42 Å². The minimum Gasteiger partial charge on any atom is -0.478 e. The Balaban J connectivity index is 2.21. The van der Waals surface area contributed by atoms with Gasteiger partial charge in [0.05, 0.1) is 5.56 Å². The summed E-state index contributed by atoms with van der Waals surface area (Å²) >= 11 is 5.80. The molecule has 0 aliphatic carbocycles. The predicted octanol–water partition coefficient (Wildman–Crippen LogP) is 2.19. The van der Waals surface area contributed by atoms with Crippen LogP contribution in [0.25, 0.3) is 0 Å². The van der Waals surface area contributed by atoms with Crippen molar-refractivity contribution < 1.29 is 9.90 Å². The van der Waals surface area contributed by atoms with E-state index in [4.69, 9.17) is 16.7 Å². The molecule has 0 saturated carbocycles. The average Bonchev–Trinajstić information content (AvgIpc) is 2.73. The van der Waals surface area contributed by atoms with Crippen LogP contribution in [0.5, 0.6) is 0 Å². The highest BCUT2D eigenvalue weighted by Gasteiger charge is 2.18. The van der Waals surface area contributed by atoms with E-state index >= 15 is 0 Å². The minimum absolute atomic E-state index is 0.333. The van der Waals surface area contributed by atoms with Gasteiger partial charge in [0, 0.05) is 5.02 Å². The van der Waals surface area contributed by atoms with Crippen molar-refractivity contribution in [2.45, 2.75) is 12.8 Å². The van der Waals surface area contributed by atoms with Crippen LogP contribution in [0.4, 0.5) is 0 Å². The van der Waals surface area contributed by atoms with Crippen molar-refractivity contribution in [1.82, 2.24) is 5.32 Å². The summed E-state index contributed by atoms with van der Waals surface area (Å²) in [5.41, 5.74) is 1.21. The number of carboxylic acids is 1. The lowest BCUT2D eigenvalue weighted by molar-refractivity contribution is 0.0695. The van der Waals surface area contributed by atoms with E-state index < -0.39 is 5.97 Å². The van der Waals surface area contributed by atoms with Gasteiger partial charge >= 0.3 is 5.97 Å². The fourth-order valence-corrected chi connectivity index (χ4v) is 2.30. The summed E-state index contributed by atoms with van der Waals surface area (Å²) in [5, 5.41) is 12.8. The van der Waals surface area contributed by atoms with Crippen molar-refractivity contribution in [3.63, 3.8) is 0 Å². The second kappa shape index (κ2) is 4.85. The summed E-state index contributed by atoms with van der Waals surface area (Å²) in [5.74, 6) is -0.359. The molecular weight excluding hydrogens is 226 g/mol. The van der Waals surface area contributed by atoms with Gasteiger partial charge in [-0.25, -0.2) is 4.79 Å². The van der Waals surface area contributed by atoms with E-state index in [9.17, 15) is 4.79 Å². The first-order chi connectivity index (χ1) is 7.66. The van der Waals surface area contributed by atoms with Crippen molar-refractivity contribution in [1.29, 1.82) is 0 Å². The lowest BCUT2D eigenvalue weighted by Crippen LogP contribution is -2.12. The largest absolute Gasteiger partial charge is 0.478 e. The number of carboxylic acid groups (broad SMARTS) is 1. The van der Waals surface area contributed by atoms with E-state index in [1.165, 1.54) is 6.07 Å². The molecule has 1 aromatic rings. The third-order valence-corrected chi connectivity index (χ3v) is 3.21. The van der Waals surface area contributed by atoms with Gasteiger partial charge in [0.25, 0.3) is 0 Å². The minimum atomic E-state index is -0.900. The van der Waals surface area contributed by atoms with E-state index in [0.717, 1.165) is 31.5 Å². The van der Waals surface area contributed by atoms with Gasteiger partial charge in [-0.15, -0.1) is 0 Å². The normalized spacial score (nSPS) is 19.9. The van der Waals surface area contributed by atoms with Crippen LogP contribution >= 0.6 is 11.6 Å². The van der Waals surface area contributed by atoms with Crippen molar-refractivity contribution in [2.24, 2.45) is 5.92 Å². The predicted molar refractivity (Wildman–Crippen MR) is 63.1 cm³/mol. The van der Waals surface area contributed by atoms with Gasteiger partial charge in [-0.05, 0) is 49.5 Å². The fourth-order valence-electron chi connectivity index (χ4n) is 2.13. The topological polar surface area (TPSA) is 49.3 Å². The molecule has 2 rings (SSSR count). The molecule has 2 N–H and O–H groups in total. The highest BCUT2D eigenvalue weighted by molar-refractivity contribution is 6.30. The van der Waals surface area contributed by atoms with E-state index in [2.05, 4.69) is 5.32 Å². The fraction of sp³-hybridized carbons (Fsp3) is 0.417. The first kappa shape index (κ1) is 11.4. The Morgan fingerprint density at radius 3 is 3.00 bits per heavy atom. The molecule has 1 heterocycles. The highest BCUT2D eigenvalue weighted by Crippen LogP contribution is 2.21. The number of benzene rings is 1. The zero-order valence-electron chi connectivity index (χ0n) is 8.87. The van der Waals surface area contributed by atoms with Crippen molar-refractivity contribution in [3.05, 3.63) is 34.3 Å². The van der Waals surface area contributed by atoms with Crippen LogP contribution in [0.15, 0.2) is 18.2 Å². The van der Waals surface area contributed by atoms with Gasteiger partial charge in [0.2, 0.25) is 0 Å². The van der Waals surface area contributed by atoms with E-state index in [1.807, 2.05) is 6.07 Å². The number of rotatable bonds is 3. The molecule has 0 spiro atoms. The Hall–Kier alpha value is -1.06. The second-order valence-corrected chi connectivity index (χ2v) is 4.61. The van der Waals surface area contributed by atoms with Crippen LogP contribution in [-0.4, -0.2) is 24.2 Å². The smallest absolute Gasteiger partial charge is 0.336 e. The van der Waals surface area contributed by atoms with E-state index in [0.29, 0.717) is 16.5 Å². The molecule has 1 unspecified atom stereocenters. The second-order valence-electron chi connectivity index (χ2n) is 4.17. The lowest BCUT2D eigenvalue weighted by Gasteiger charge is -2.11. The van der Waals surface area contributed by atoms with Crippen molar-refractivity contribution >= 4 is 17.6 Å². The van der Waals surface area contributed by atoms with Crippen LogP contribution in [0.3, 0.4) is 0 Å². The maximum atomic E-state index is 11.1. The number of nitrogens with one attached hydrogen (secondary N) is 1. The van der Waals surface area contributed by atoms with Gasteiger partial charge in [0.15, 0.2) is 0 Å². The molecule has 1 aliphatic heterocycles. The monoisotopic (exact) mass is 239 g/mol. The molecule has 1 aliphatic rings. The van der Waals surface area contributed by atoms with E-state index in [-0.39, 0.29) is 0 Å². The molecule has 0 amide bonds. The zero-order chi connectivity index (χ0) is 11.5. The maximum Gasteiger partial charge on any atom is 0.336 e. The molecule has 16 heavy (non-hydrogen) atoms. The summed E-state index contributed by atoms with van der Waals surface area (Å²) in [6.45, 7) is 2.00. The maximum absolute atomic E-state index is 11.1. The molecule has 0 bridgehead atoms. The first-order valence-electron chi connectivity index (χ1n) is 5.39. The Labute approximate surface area is 99.4 Å². The van der Waals surface area contributed by atoms with Gasteiger partial charge < -0.3 is 10.4 Å². The molecule has 4 heteroatoms. The molecule has 1 aromatic carbocycles. The quantitative estimate of drug-likeness (QED) is 0.850. The number of halogens is 1. The van der Waals surface area contributed by atoms with Gasteiger partial charge in [-0.3, -0.25) is 0 Å². The van der Waals surface area contributed by atoms with Gasteiger partial charge in [0.1, 0.15) is 0 Å². The average molecular weight is 240 g/mol. The highest BCUT2D eigenvalue weighted by atomic mass is 35.5. The summed E-state index contributed by atoms with van der Waals surface area (Å²) in [6.07, 6.45) is 1.92. The molecule has 0 aromatic heterocycles. The Morgan fingerprint density at radius 1 is 1.56 bits per heavy atom. The molecule has 0 radical (unpaired) electrons. The summed E-state index contributed by atoms with van der Waals surface area (Å²) in [7, 11) is 0. The van der Waals surface area contributed by atoms with E-state index in [1.54, 1.807) is 6.07 Å². The standard InChI is InChI=1S/C12H14ClNO2/c13-10-2-1-9(11(6-10)12(15)16)5-8-3-4-14-7-8/h1-2,6,8,14H,3-5,7H2,(H,15,16). The van der Waals surface area contributed by atoms with Crippen molar-refractivity contribution in [3.8, 4) is 0 Å². The number of aromatic carboxylic acids is 1. The first-order valence-corrected chi connectivity index (χ1v) is 5.77. The van der Waals surface area contributed by atoms with Crippen LogP contribution in [0.2, 0.25) is 5.02 Å². The molecule has 1 atom stereocenters. The number of carbonyl (C=O) groups is 1. The van der Waals surface area contributed by atoms with Gasteiger partial charge in [-0.2, -0.15) is 0 Å². The lowest BCUT2D eigenvalue weighted by atomic mass is 9.95. The molecule has 1 fully saturated rings. The zero-order valence-corrected chi connectivity index (χ0v) is 9.63. The number of hydrogen-bond acceptors (Lipinski definition) is 2. The third-order valence-electron chi connectivity index (χ3n) is 2.97. The molecule has 86 valence electrons. The summed E-state index contributed by atoms with van der Waals surface area (Å²) in [6, 6.07) is 5.11. The SMILES string of the molecule is O=C(O)c1cc(Cl)ccc1CC1CCNC1. The van der Waals surface area contributed by atoms with Crippen LogP contribution in [0.1, 0.15) is 22.3 Å². The van der Waals surface area contributed by atoms with Gasteiger partial charge in [-0.1, -0.05) is 17.7 Å².